The zero-order valence-corrected chi connectivity index (χ0v) is 9.95. The van der Waals surface area contributed by atoms with E-state index in [1.807, 2.05) is 0 Å². The van der Waals surface area contributed by atoms with Gasteiger partial charge in [0, 0.05) is 5.56 Å². The summed E-state index contributed by atoms with van der Waals surface area (Å²) in [6.07, 6.45) is 0. The SMILES string of the molecule is Cc1cc(OCC(=O)O)c([N+](=O)[O-])c(C)c1Cl. The molecular weight excluding hydrogens is 250 g/mol. The minimum Gasteiger partial charge on any atom is -0.479 e. The van der Waals surface area contributed by atoms with E-state index in [1.54, 1.807) is 6.92 Å². The quantitative estimate of drug-likeness (QED) is 0.662. The lowest BCUT2D eigenvalue weighted by molar-refractivity contribution is -0.386. The van der Waals surface area contributed by atoms with Gasteiger partial charge in [-0.3, -0.25) is 10.1 Å². The molecule has 0 unspecified atom stereocenters. The van der Waals surface area contributed by atoms with Crippen LogP contribution >= 0.6 is 11.6 Å². The van der Waals surface area contributed by atoms with Gasteiger partial charge in [-0.25, -0.2) is 4.79 Å². The summed E-state index contributed by atoms with van der Waals surface area (Å²) in [4.78, 5) is 20.6. The van der Waals surface area contributed by atoms with Gasteiger partial charge in [0.2, 0.25) is 0 Å². The predicted molar refractivity (Wildman–Crippen MR) is 60.7 cm³/mol. The molecule has 92 valence electrons. The first-order valence-electron chi connectivity index (χ1n) is 4.63. The summed E-state index contributed by atoms with van der Waals surface area (Å²) in [6, 6.07) is 1.36. The van der Waals surface area contributed by atoms with Crippen LogP contribution < -0.4 is 4.74 Å². The molecule has 0 atom stereocenters. The number of halogens is 1. The summed E-state index contributed by atoms with van der Waals surface area (Å²) in [5.41, 5.74) is 0.550. The van der Waals surface area contributed by atoms with E-state index in [2.05, 4.69) is 0 Å². The molecule has 1 aromatic carbocycles. The second-order valence-corrected chi connectivity index (χ2v) is 3.80. The highest BCUT2D eigenvalue weighted by Crippen LogP contribution is 2.37. The highest BCUT2D eigenvalue weighted by Gasteiger charge is 2.23. The van der Waals surface area contributed by atoms with Crippen LogP contribution in [0.1, 0.15) is 11.1 Å². The van der Waals surface area contributed by atoms with Crippen molar-refractivity contribution in [3.63, 3.8) is 0 Å². The van der Waals surface area contributed by atoms with E-state index < -0.39 is 17.5 Å². The van der Waals surface area contributed by atoms with E-state index >= 15 is 0 Å². The molecule has 0 fully saturated rings. The van der Waals surface area contributed by atoms with Crippen LogP contribution in [0.2, 0.25) is 5.02 Å². The van der Waals surface area contributed by atoms with Gasteiger partial charge >= 0.3 is 11.7 Å². The number of carboxylic acids is 1. The van der Waals surface area contributed by atoms with Crippen molar-refractivity contribution in [1.29, 1.82) is 0 Å². The first-order chi connectivity index (χ1) is 7.84. The van der Waals surface area contributed by atoms with Crippen molar-refractivity contribution in [3.05, 3.63) is 32.3 Å². The van der Waals surface area contributed by atoms with Crippen LogP contribution in [0.15, 0.2) is 6.07 Å². The molecular formula is C10H10ClNO5. The van der Waals surface area contributed by atoms with Crippen LogP contribution in [0.5, 0.6) is 5.75 Å². The van der Waals surface area contributed by atoms with Gasteiger partial charge < -0.3 is 9.84 Å². The van der Waals surface area contributed by atoms with Crippen LogP contribution in [0.3, 0.4) is 0 Å². The van der Waals surface area contributed by atoms with E-state index in [1.165, 1.54) is 13.0 Å². The zero-order valence-electron chi connectivity index (χ0n) is 9.19. The number of rotatable bonds is 4. The maximum absolute atomic E-state index is 10.9. The molecule has 7 heteroatoms. The maximum Gasteiger partial charge on any atom is 0.341 e. The van der Waals surface area contributed by atoms with E-state index in [-0.39, 0.29) is 22.0 Å². The molecule has 0 spiro atoms. The summed E-state index contributed by atoms with van der Waals surface area (Å²) in [6.45, 7) is 2.51. The minimum absolute atomic E-state index is 0.0863. The highest BCUT2D eigenvalue weighted by atomic mass is 35.5. The van der Waals surface area contributed by atoms with Crippen molar-refractivity contribution >= 4 is 23.3 Å². The van der Waals surface area contributed by atoms with E-state index in [9.17, 15) is 14.9 Å². The van der Waals surface area contributed by atoms with Crippen LogP contribution in [0, 0.1) is 24.0 Å². The number of ether oxygens (including phenoxy) is 1. The molecule has 0 heterocycles. The first kappa shape index (κ1) is 13.2. The second kappa shape index (κ2) is 5.01. The number of nitro groups is 1. The van der Waals surface area contributed by atoms with Crippen molar-refractivity contribution in [2.45, 2.75) is 13.8 Å². The number of nitrogens with zero attached hydrogens (tertiary/aromatic N) is 1. The number of aryl methyl sites for hydroxylation is 1. The Balaban J connectivity index is 3.27. The Morgan fingerprint density at radius 3 is 2.65 bits per heavy atom. The molecule has 17 heavy (non-hydrogen) atoms. The number of hydrogen-bond donors (Lipinski definition) is 1. The standard InChI is InChI=1S/C10H10ClNO5/c1-5-3-7(17-4-8(13)14)10(12(15)16)6(2)9(5)11/h3H,4H2,1-2H3,(H,13,14). The molecule has 1 aromatic rings. The highest BCUT2D eigenvalue weighted by molar-refractivity contribution is 6.32. The topological polar surface area (TPSA) is 89.7 Å². The largest absolute Gasteiger partial charge is 0.479 e. The molecule has 1 rings (SSSR count). The fraction of sp³-hybridized carbons (Fsp3) is 0.300. The lowest BCUT2D eigenvalue weighted by Gasteiger charge is -2.09. The molecule has 0 bridgehead atoms. The Bertz CT molecular complexity index is 486. The second-order valence-electron chi connectivity index (χ2n) is 3.42. The predicted octanol–water partition coefficient (Wildman–Crippen LogP) is 2.33. The van der Waals surface area contributed by atoms with Crippen molar-refractivity contribution < 1.29 is 19.6 Å². The Hall–Kier alpha value is -1.82. The van der Waals surface area contributed by atoms with Gasteiger partial charge in [0.05, 0.1) is 9.95 Å². The van der Waals surface area contributed by atoms with Crippen molar-refractivity contribution in [2.75, 3.05) is 6.61 Å². The Morgan fingerprint density at radius 1 is 1.59 bits per heavy atom. The fourth-order valence-corrected chi connectivity index (χ4v) is 1.53. The van der Waals surface area contributed by atoms with Crippen molar-refractivity contribution in [1.82, 2.24) is 0 Å². The number of aliphatic carboxylic acids is 1. The third kappa shape index (κ3) is 2.85. The summed E-state index contributed by atoms with van der Waals surface area (Å²) >= 11 is 5.89. The van der Waals surface area contributed by atoms with Gasteiger partial charge in [-0.15, -0.1) is 0 Å². The average Bonchev–Trinajstić information content (AvgIpc) is 2.22. The van der Waals surface area contributed by atoms with Gasteiger partial charge in [0.25, 0.3) is 0 Å². The number of nitro benzene ring substituents is 1. The third-order valence-corrected chi connectivity index (χ3v) is 2.73. The first-order valence-corrected chi connectivity index (χ1v) is 5.01. The molecule has 1 N–H and O–H groups in total. The third-order valence-electron chi connectivity index (χ3n) is 2.15. The normalized spacial score (nSPS) is 10.1. The van der Waals surface area contributed by atoms with E-state index in [4.69, 9.17) is 21.4 Å². The molecule has 0 aliphatic heterocycles. The Labute approximate surface area is 102 Å². The number of carboxylic acid groups (broad SMARTS) is 1. The molecule has 0 radical (unpaired) electrons. The van der Waals surface area contributed by atoms with Gasteiger partial charge in [0.1, 0.15) is 0 Å². The lowest BCUT2D eigenvalue weighted by atomic mass is 10.1. The van der Waals surface area contributed by atoms with Crippen LogP contribution in [-0.4, -0.2) is 22.6 Å². The lowest BCUT2D eigenvalue weighted by Crippen LogP contribution is -2.11. The Morgan fingerprint density at radius 2 is 2.18 bits per heavy atom. The monoisotopic (exact) mass is 259 g/mol. The van der Waals surface area contributed by atoms with Gasteiger partial charge in [-0.1, -0.05) is 11.6 Å². The van der Waals surface area contributed by atoms with E-state index in [0.29, 0.717) is 5.56 Å². The number of carbonyl (C=O) groups is 1. The molecule has 0 saturated carbocycles. The number of hydrogen-bond acceptors (Lipinski definition) is 4. The van der Waals surface area contributed by atoms with Gasteiger partial charge in [-0.2, -0.15) is 0 Å². The van der Waals surface area contributed by atoms with Gasteiger partial charge in [0.15, 0.2) is 12.4 Å². The Kier molecular flexibility index (Phi) is 3.90. The molecule has 0 aromatic heterocycles. The van der Waals surface area contributed by atoms with Crippen molar-refractivity contribution in [2.24, 2.45) is 0 Å². The van der Waals surface area contributed by atoms with Crippen molar-refractivity contribution in [3.8, 4) is 5.75 Å². The smallest absolute Gasteiger partial charge is 0.341 e. The molecule has 0 aliphatic carbocycles. The summed E-state index contributed by atoms with van der Waals surface area (Å²) in [5, 5.41) is 19.6. The van der Waals surface area contributed by atoms with Crippen LogP contribution in [0.25, 0.3) is 0 Å². The van der Waals surface area contributed by atoms with E-state index in [0.717, 1.165) is 0 Å². The molecule has 0 amide bonds. The minimum atomic E-state index is -1.20. The van der Waals surface area contributed by atoms with Gasteiger partial charge in [-0.05, 0) is 25.5 Å². The fourth-order valence-electron chi connectivity index (χ4n) is 1.39. The van der Waals surface area contributed by atoms with Crippen LogP contribution in [0.4, 0.5) is 5.69 Å². The summed E-state index contributed by atoms with van der Waals surface area (Å²) < 4.78 is 4.88. The summed E-state index contributed by atoms with van der Waals surface area (Å²) in [7, 11) is 0. The molecule has 0 aliphatic rings. The average molecular weight is 260 g/mol. The van der Waals surface area contributed by atoms with Crippen LogP contribution in [-0.2, 0) is 4.79 Å². The molecule has 0 saturated heterocycles. The zero-order chi connectivity index (χ0) is 13.2. The maximum atomic E-state index is 10.9. The number of benzene rings is 1. The molecule has 6 nitrogen and oxygen atoms in total. The summed E-state index contributed by atoms with van der Waals surface area (Å²) in [5.74, 6) is -1.29.